The number of rotatable bonds is 2. The normalized spacial score (nSPS) is 32.9. The van der Waals surface area contributed by atoms with Gasteiger partial charge in [0.05, 0.1) is 6.61 Å². The molecule has 9 N–H and O–H groups in total. The summed E-state index contributed by atoms with van der Waals surface area (Å²) >= 11 is 0. The third-order valence-corrected chi connectivity index (χ3v) is 3.47. The van der Waals surface area contributed by atoms with Crippen LogP contribution >= 0.6 is 0 Å². The summed E-state index contributed by atoms with van der Waals surface area (Å²) in [6.07, 6.45) is -2.68. The number of aliphatic hydroxyl groups excluding tert-OH is 3. The average Bonchev–Trinajstić information content (AvgIpc) is 2.95. The molecule has 0 radical (unpaired) electrons. The molecule has 1 fully saturated rings. The van der Waals surface area contributed by atoms with E-state index in [4.69, 9.17) is 27.0 Å². The zero-order valence-corrected chi connectivity index (χ0v) is 10.8. The van der Waals surface area contributed by atoms with Crippen molar-refractivity contribution >= 4 is 22.9 Å². The van der Waals surface area contributed by atoms with Gasteiger partial charge in [-0.1, -0.05) is 0 Å². The summed E-state index contributed by atoms with van der Waals surface area (Å²) in [4.78, 5) is 11.7. The van der Waals surface area contributed by atoms with Gasteiger partial charge in [-0.25, -0.2) is 4.98 Å². The third-order valence-electron chi connectivity index (χ3n) is 3.47. The summed E-state index contributed by atoms with van der Waals surface area (Å²) in [6.45, 7) is -0.511. The number of hydrogen-bond acceptors (Lipinski definition) is 10. The number of ether oxygens (including phenoxy) is 1. The molecule has 1 aliphatic heterocycles. The highest BCUT2D eigenvalue weighted by Gasteiger charge is 2.53. The van der Waals surface area contributed by atoms with Crippen LogP contribution in [0, 0.1) is 0 Å². The summed E-state index contributed by atoms with van der Waals surface area (Å²) in [6, 6.07) is 0. The van der Waals surface area contributed by atoms with Gasteiger partial charge in [0.25, 0.3) is 0 Å². The number of aromatic nitrogens is 4. The SMILES string of the molecule is Nc1nc(N)c2ncn(C3(N)O[C@H](CO)[C@@H](O)[C@H]3O)c2n1. The lowest BCUT2D eigenvalue weighted by Gasteiger charge is -2.28. The van der Waals surface area contributed by atoms with Crippen LogP contribution in [0.1, 0.15) is 0 Å². The Hall–Kier alpha value is -2.05. The van der Waals surface area contributed by atoms with Crippen LogP contribution in [-0.2, 0) is 10.6 Å². The van der Waals surface area contributed by atoms with E-state index in [1.807, 2.05) is 0 Å². The molecule has 11 nitrogen and oxygen atoms in total. The van der Waals surface area contributed by atoms with E-state index in [1.54, 1.807) is 0 Å². The van der Waals surface area contributed by atoms with Crippen molar-refractivity contribution in [1.82, 2.24) is 19.5 Å². The van der Waals surface area contributed by atoms with Crippen LogP contribution in [0.2, 0.25) is 0 Å². The van der Waals surface area contributed by atoms with Crippen LogP contribution < -0.4 is 17.2 Å². The number of imidazole rings is 1. The molecular formula is C10H15N7O4. The average molecular weight is 297 g/mol. The lowest BCUT2D eigenvalue weighted by Crippen LogP contribution is -2.52. The summed E-state index contributed by atoms with van der Waals surface area (Å²) in [7, 11) is 0. The Morgan fingerprint density at radius 3 is 2.67 bits per heavy atom. The lowest BCUT2D eigenvalue weighted by atomic mass is 10.1. The highest BCUT2D eigenvalue weighted by atomic mass is 16.6. The Kier molecular flexibility index (Phi) is 2.96. The van der Waals surface area contributed by atoms with Gasteiger partial charge in [0.1, 0.15) is 24.6 Å². The van der Waals surface area contributed by atoms with E-state index in [9.17, 15) is 10.2 Å². The Morgan fingerprint density at radius 1 is 1.33 bits per heavy atom. The minimum atomic E-state index is -1.87. The maximum absolute atomic E-state index is 10.1. The number of nitrogens with zero attached hydrogens (tertiary/aromatic N) is 4. The topological polar surface area (TPSA) is 192 Å². The molecular weight excluding hydrogens is 282 g/mol. The van der Waals surface area contributed by atoms with Crippen molar-refractivity contribution in [3.05, 3.63) is 6.33 Å². The molecule has 2 aromatic rings. The molecule has 1 saturated heterocycles. The Morgan fingerprint density at radius 2 is 2.05 bits per heavy atom. The van der Waals surface area contributed by atoms with Gasteiger partial charge in [-0.15, -0.1) is 0 Å². The number of hydrogen-bond donors (Lipinski definition) is 6. The molecule has 0 spiro atoms. The van der Waals surface area contributed by atoms with Crippen molar-refractivity contribution in [2.75, 3.05) is 18.1 Å². The first-order valence-electron chi connectivity index (χ1n) is 6.08. The predicted molar refractivity (Wildman–Crippen MR) is 70.3 cm³/mol. The second-order valence-electron chi connectivity index (χ2n) is 4.78. The first kappa shape index (κ1) is 13.9. The second-order valence-corrected chi connectivity index (χ2v) is 4.78. The van der Waals surface area contributed by atoms with Gasteiger partial charge < -0.3 is 31.5 Å². The van der Waals surface area contributed by atoms with E-state index < -0.39 is 30.8 Å². The maximum Gasteiger partial charge on any atom is 0.231 e. The molecule has 0 aliphatic carbocycles. The molecule has 0 saturated carbocycles. The fraction of sp³-hybridized carbons (Fsp3) is 0.500. The van der Waals surface area contributed by atoms with E-state index in [-0.39, 0.29) is 22.9 Å². The van der Waals surface area contributed by atoms with Crippen molar-refractivity contribution in [3.8, 4) is 0 Å². The monoisotopic (exact) mass is 297 g/mol. The minimum absolute atomic E-state index is 0.0478. The smallest absolute Gasteiger partial charge is 0.231 e. The fourth-order valence-electron chi connectivity index (χ4n) is 2.37. The summed E-state index contributed by atoms with van der Waals surface area (Å²) in [5, 5.41) is 29.1. The van der Waals surface area contributed by atoms with Crippen molar-refractivity contribution in [2.24, 2.45) is 5.73 Å². The molecule has 4 atom stereocenters. The standard InChI is InChI=1S/C10H15N7O4/c11-7-4-8(16-9(12)15-7)17(2-14-4)10(13)6(20)5(19)3(1-18)21-10/h2-3,5-6,18-20H,1,13H2,(H4,11,12,15,16)/t3-,5-,6-,10?/m1/s1. The fourth-order valence-corrected chi connectivity index (χ4v) is 2.37. The molecule has 3 rings (SSSR count). The van der Waals surface area contributed by atoms with Gasteiger partial charge in [-0.05, 0) is 0 Å². The molecule has 2 aromatic heterocycles. The molecule has 1 aliphatic rings. The Bertz CT molecular complexity index is 691. The van der Waals surface area contributed by atoms with Crippen LogP contribution in [0.15, 0.2) is 6.33 Å². The van der Waals surface area contributed by atoms with Crippen LogP contribution in [0.5, 0.6) is 0 Å². The number of nitrogen functional groups attached to an aromatic ring is 2. The Balaban J connectivity index is 2.16. The number of nitrogens with two attached hydrogens (primary N) is 3. The first-order chi connectivity index (χ1) is 9.88. The largest absolute Gasteiger partial charge is 0.394 e. The van der Waals surface area contributed by atoms with Gasteiger partial charge in [0, 0.05) is 0 Å². The van der Waals surface area contributed by atoms with Gasteiger partial charge in [-0.2, -0.15) is 9.97 Å². The molecule has 1 unspecified atom stereocenters. The van der Waals surface area contributed by atoms with Gasteiger partial charge in [-0.3, -0.25) is 10.3 Å². The van der Waals surface area contributed by atoms with Gasteiger partial charge >= 0.3 is 0 Å². The Labute approximate surface area is 118 Å². The molecule has 0 bridgehead atoms. The second kappa shape index (κ2) is 4.47. The predicted octanol–water partition coefficient (Wildman–Crippen LogP) is -3.33. The van der Waals surface area contributed by atoms with Crippen LogP contribution in [-0.4, -0.2) is 59.8 Å². The quantitative estimate of drug-likeness (QED) is 0.326. The van der Waals surface area contributed by atoms with Crippen molar-refractivity contribution < 1.29 is 20.1 Å². The summed E-state index contributed by atoms with van der Waals surface area (Å²) in [5.74, 6) is -1.92. The highest BCUT2D eigenvalue weighted by Crippen LogP contribution is 2.33. The van der Waals surface area contributed by atoms with Crippen molar-refractivity contribution in [1.29, 1.82) is 0 Å². The van der Waals surface area contributed by atoms with Crippen molar-refractivity contribution in [2.45, 2.75) is 24.2 Å². The molecule has 114 valence electrons. The molecule has 11 heteroatoms. The van der Waals surface area contributed by atoms with Gasteiger partial charge in [0.2, 0.25) is 11.8 Å². The third kappa shape index (κ3) is 1.83. The minimum Gasteiger partial charge on any atom is -0.394 e. The number of aliphatic hydroxyl groups is 3. The van der Waals surface area contributed by atoms with E-state index in [2.05, 4.69) is 15.0 Å². The zero-order valence-electron chi connectivity index (χ0n) is 10.8. The number of anilines is 2. The molecule has 0 amide bonds. The maximum atomic E-state index is 10.1. The lowest BCUT2D eigenvalue weighted by molar-refractivity contribution is -0.141. The molecule has 21 heavy (non-hydrogen) atoms. The first-order valence-corrected chi connectivity index (χ1v) is 6.08. The van der Waals surface area contributed by atoms with E-state index in [0.717, 1.165) is 0 Å². The van der Waals surface area contributed by atoms with Crippen LogP contribution in [0.25, 0.3) is 11.2 Å². The highest BCUT2D eigenvalue weighted by molar-refractivity contribution is 5.82. The number of fused-ring (bicyclic) bond motifs is 1. The molecule has 3 heterocycles. The summed E-state index contributed by atoms with van der Waals surface area (Å²) < 4.78 is 6.56. The van der Waals surface area contributed by atoms with Crippen LogP contribution in [0.4, 0.5) is 11.8 Å². The van der Waals surface area contributed by atoms with Crippen molar-refractivity contribution in [3.63, 3.8) is 0 Å². The van der Waals surface area contributed by atoms with Gasteiger partial charge in [0.15, 0.2) is 17.0 Å². The van der Waals surface area contributed by atoms with Crippen LogP contribution in [0.3, 0.4) is 0 Å². The molecule has 0 aromatic carbocycles. The van der Waals surface area contributed by atoms with E-state index in [1.165, 1.54) is 10.9 Å². The van der Waals surface area contributed by atoms with E-state index in [0.29, 0.717) is 0 Å². The zero-order chi connectivity index (χ0) is 15.4. The van der Waals surface area contributed by atoms with E-state index >= 15 is 0 Å². The summed E-state index contributed by atoms with van der Waals surface area (Å²) in [5.41, 5.74) is 17.6.